The summed E-state index contributed by atoms with van der Waals surface area (Å²) in [6.45, 7) is 3.78. The molecule has 1 aliphatic carbocycles. The summed E-state index contributed by atoms with van der Waals surface area (Å²) >= 11 is 3.47. The predicted molar refractivity (Wildman–Crippen MR) is 131 cm³/mol. The quantitative estimate of drug-likeness (QED) is 0.353. The van der Waals surface area contributed by atoms with Gasteiger partial charge in [-0.05, 0) is 58.6 Å². The van der Waals surface area contributed by atoms with E-state index in [4.69, 9.17) is 4.74 Å². The second kappa shape index (κ2) is 7.54. The SMILES string of the molecule is Cc1ccc(N2C(=O)[C@@H]3[C@@H](c4ccccc4C)OC4(C(=O)c5ccccc5C4=O)[C@H]3C2=O)c(Br)c1. The second-order valence-corrected chi connectivity index (χ2v) is 10.2. The van der Waals surface area contributed by atoms with Gasteiger partial charge >= 0.3 is 0 Å². The highest BCUT2D eigenvalue weighted by Gasteiger charge is 2.74. The molecule has 3 aromatic rings. The highest BCUT2D eigenvalue weighted by molar-refractivity contribution is 9.10. The number of amides is 2. The van der Waals surface area contributed by atoms with E-state index < -0.39 is 46.9 Å². The Kier molecular flexibility index (Phi) is 4.75. The Labute approximate surface area is 210 Å². The summed E-state index contributed by atoms with van der Waals surface area (Å²) in [7, 11) is 0. The van der Waals surface area contributed by atoms with Crippen molar-refractivity contribution in [2.75, 3.05) is 4.90 Å². The first-order valence-corrected chi connectivity index (χ1v) is 12.1. The highest BCUT2D eigenvalue weighted by Crippen LogP contribution is 2.58. The summed E-state index contributed by atoms with van der Waals surface area (Å²) in [5.41, 5.74) is 1.23. The van der Waals surface area contributed by atoms with Crippen LogP contribution in [0.1, 0.15) is 43.5 Å². The third-order valence-corrected chi connectivity index (χ3v) is 7.99. The number of fused-ring (bicyclic) bond motifs is 3. The zero-order valence-corrected chi connectivity index (χ0v) is 20.5. The van der Waals surface area contributed by atoms with E-state index in [-0.39, 0.29) is 11.1 Å². The number of carbonyl (C=O) groups excluding carboxylic acids is 4. The van der Waals surface area contributed by atoms with Crippen LogP contribution in [0.2, 0.25) is 0 Å². The number of benzene rings is 3. The number of ether oxygens (including phenoxy) is 1. The van der Waals surface area contributed by atoms with E-state index in [2.05, 4.69) is 15.9 Å². The summed E-state index contributed by atoms with van der Waals surface area (Å²) in [4.78, 5) is 56.7. The van der Waals surface area contributed by atoms with E-state index in [1.165, 1.54) is 0 Å². The summed E-state index contributed by atoms with van der Waals surface area (Å²) in [6.07, 6.45) is -0.922. The monoisotopic (exact) mass is 529 g/mol. The molecule has 2 fully saturated rings. The van der Waals surface area contributed by atoms with Gasteiger partial charge in [0.1, 0.15) is 0 Å². The molecule has 3 aliphatic rings. The molecule has 3 aromatic carbocycles. The van der Waals surface area contributed by atoms with E-state index in [1.807, 2.05) is 50.2 Å². The fourth-order valence-corrected chi connectivity index (χ4v) is 6.41. The molecule has 35 heavy (non-hydrogen) atoms. The van der Waals surface area contributed by atoms with E-state index in [9.17, 15) is 19.2 Å². The average molecular weight is 530 g/mol. The molecule has 174 valence electrons. The maximum absolute atomic E-state index is 14.0. The van der Waals surface area contributed by atoms with Crippen molar-refractivity contribution in [3.05, 3.63) is 99.0 Å². The van der Waals surface area contributed by atoms with Gasteiger partial charge < -0.3 is 4.74 Å². The molecule has 7 heteroatoms. The zero-order chi connectivity index (χ0) is 24.6. The Morgan fingerprint density at radius 1 is 0.829 bits per heavy atom. The molecule has 2 heterocycles. The van der Waals surface area contributed by atoms with Gasteiger partial charge in [-0.1, -0.05) is 54.6 Å². The van der Waals surface area contributed by atoms with Crippen LogP contribution >= 0.6 is 15.9 Å². The standard InChI is InChI=1S/C28H20BrNO5/c1-14-11-12-20(19(29)13-14)30-26(33)21-22(27(30)34)28(35-23(21)16-8-4-3-7-15(16)2)24(31)17-9-5-6-10-18(17)25(28)32/h3-13,21-23H,1-2H3/t21-,22+,23+/m0/s1. The van der Waals surface area contributed by atoms with E-state index >= 15 is 0 Å². The van der Waals surface area contributed by atoms with Gasteiger partial charge in [-0.3, -0.25) is 19.2 Å². The van der Waals surface area contributed by atoms with Crippen LogP contribution in [0, 0.1) is 25.7 Å². The van der Waals surface area contributed by atoms with Gasteiger partial charge in [0.05, 0.1) is 23.6 Å². The highest BCUT2D eigenvalue weighted by atomic mass is 79.9. The first kappa shape index (κ1) is 22.1. The molecule has 0 unspecified atom stereocenters. The molecule has 0 radical (unpaired) electrons. The van der Waals surface area contributed by atoms with Gasteiger partial charge in [0.15, 0.2) is 0 Å². The molecule has 0 saturated carbocycles. The maximum atomic E-state index is 14.0. The van der Waals surface area contributed by atoms with Crippen molar-refractivity contribution >= 4 is 45.0 Å². The van der Waals surface area contributed by atoms with Crippen molar-refractivity contribution in [2.24, 2.45) is 11.8 Å². The molecule has 1 spiro atoms. The largest absolute Gasteiger partial charge is 0.349 e. The van der Waals surface area contributed by atoms with Crippen LogP contribution in [0.5, 0.6) is 0 Å². The van der Waals surface area contributed by atoms with Crippen LogP contribution in [0.15, 0.2) is 71.2 Å². The Hall–Kier alpha value is -3.42. The molecule has 0 N–H and O–H groups in total. The van der Waals surface area contributed by atoms with Gasteiger partial charge in [0, 0.05) is 15.6 Å². The van der Waals surface area contributed by atoms with Crippen molar-refractivity contribution in [3.63, 3.8) is 0 Å². The molecule has 6 nitrogen and oxygen atoms in total. The van der Waals surface area contributed by atoms with Crippen LogP contribution in [-0.4, -0.2) is 29.0 Å². The Morgan fingerprint density at radius 2 is 1.46 bits per heavy atom. The topological polar surface area (TPSA) is 80.8 Å². The first-order valence-electron chi connectivity index (χ1n) is 11.3. The Bertz CT molecular complexity index is 1440. The number of aryl methyl sites for hydroxylation is 2. The lowest BCUT2D eigenvalue weighted by atomic mass is 9.77. The number of anilines is 1. The van der Waals surface area contributed by atoms with Gasteiger partial charge in [0.2, 0.25) is 29.0 Å². The predicted octanol–water partition coefficient (Wildman–Crippen LogP) is 4.76. The second-order valence-electron chi connectivity index (χ2n) is 9.30. The molecular weight excluding hydrogens is 510 g/mol. The van der Waals surface area contributed by atoms with Gasteiger partial charge in [-0.15, -0.1) is 0 Å². The number of ketones is 2. The molecule has 2 aliphatic heterocycles. The molecule has 3 atom stereocenters. The number of Topliss-reactive ketones (excluding diaryl/α,β-unsaturated/α-hetero) is 2. The van der Waals surface area contributed by atoms with Crippen molar-refractivity contribution in [2.45, 2.75) is 25.6 Å². The Balaban J connectivity index is 1.57. The van der Waals surface area contributed by atoms with Crippen molar-refractivity contribution in [3.8, 4) is 0 Å². The van der Waals surface area contributed by atoms with Crippen LogP contribution in [0.4, 0.5) is 5.69 Å². The maximum Gasteiger partial charge on any atom is 0.241 e. The van der Waals surface area contributed by atoms with Crippen LogP contribution in [0.3, 0.4) is 0 Å². The number of hydrogen-bond donors (Lipinski definition) is 0. The van der Waals surface area contributed by atoms with Crippen LogP contribution in [-0.2, 0) is 14.3 Å². The molecule has 2 amide bonds. The number of nitrogens with zero attached hydrogens (tertiary/aromatic N) is 1. The van der Waals surface area contributed by atoms with E-state index in [0.717, 1.165) is 16.0 Å². The zero-order valence-electron chi connectivity index (χ0n) is 18.9. The number of imide groups is 1. The fourth-order valence-electron chi connectivity index (χ4n) is 5.74. The number of carbonyl (C=O) groups is 4. The summed E-state index contributed by atoms with van der Waals surface area (Å²) < 4.78 is 6.92. The molecular formula is C28H20BrNO5. The fraction of sp³-hybridized carbons (Fsp3) is 0.214. The molecule has 2 saturated heterocycles. The lowest BCUT2D eigenvalue weighted by Crippen LogP contribution is -2.51. The molecule has 0 bridgehead atoms. The normalized spacial score (nSPS) is 24.4. The number of rotatable bonds is 2. The van der Waals surface area contributed by atoms with E-state index in [0.29, 0.717) is 15.7 Å². The third-order valence-electron chi connectivity index (χ3n) is 7.36. The lowest BCUT2D eigenvalue weighted by molar-refractivity contribution is -0.127. The van der Waals surface area contributed by atoms with Crippen molar-refractivity contribution < 1.29 is 23.9 Å². The summed E-state index contributed by atoms with van der Waals surface area (Å²) in [6, 6.07) is 19.2. The van der Waals surface area contributed by atoms with Gasteiger partial charge in [0.25, 0.3) is 0 Å². The molecule has 6 rings (SSSR count). The smallest absolute Gasteiger partial charge is 0.241 e. The minimum atomic E-state index is -2.07. The van der Waals surface area contributed by atoms with Crippen molar-refractivity contribution in [1.29, 1.82) is 0 Å². The Morgan fingerprint density at radius 3 is 2.09 bits per heavy atom. The molecule has 0 aromatic heterocycles. The third kappa shape index (κ3) is 2.79. The lowest BCUT2D eigenvalue weighted by Gasteiger charge is -2.28. The van der Waals surface area contributed by atoms with E-state index in [1.54, 1.807) is 30.3 Å². The average Bonchev–Trinajstić information content (AvgIpc) is 3.40. The van der Waals surface area contributed by atoms with Crippen molar-refractivity contribution in [1.82, 2.24) is 0 Å². The van der Waals surface area contributed by atoms with Gasteiger partial charge in [-0.2, -0.15) is 0 Å². The van der Waals surface area contributed by atoms with Crippen LogP contribution in [0.25, 0.3) is 0 Å². The van der Waals surface area contributed by atoms with Crippen LogP contribution < -0.4 is 4.90 Å². The van der Waals surface area contributed by atoms with Gasteiger partial charge in [-0.25, -0.2) is 4.90 Å². The summed E-state index contributed by atoms with van der Waals surface area (Å²) in [5.74, 6) is -4.48. The number of hydrogen-bond acceptors (Lipinski definition) is 5. The minimum Gasteiger partial charge on any atom is -0.349 e. The summed E-state index contributed by atoms with van der Waals surface area (Å²) in [5, 5.41) is 0. The first-order chi connectivity index (χ1) is 16.8. The number of halogens is 1. The minimum absolute atomic E-state index is 0.219.